The Morgan fingerprint density at radius 3 is 2.39 bits per heavy atom. The zero-order valence-electron chi connectivity index (χ0n) is 12.5. The van der Waals surface area contributed by atoms with Crippen LogP contribution in [0.1, 0.15) is 33.6 Å². The van der Waals surface area contributed by atoms with Gasteiger partial charge in [0.15, 0.2) is 0 Å². The van der Waals surface area contributed by atoms with E-state index in [1.807, 2.05) is 0 Å². The lowest BCUT2D eigenvalue weighted by Gasteiger charge is -2.39. The molecule has 3 heteroatoms. The molecule has 2 aliphatic heterocycles. The molecule has 2 heterocycles. The van der Waals surface area contributed by atoms with Gasteiger partial charge in [-0.15, -0.1) is 0 Å². The Labute approximate surface area is 112 Å². The predicted octanol–water partition coefficient (Wildman–Crippen LogP) is 1.98. The second kappa shape index (κ2) is 5.89. The Morgan fingerprint density at radius 2 is 1.83 bits per heavy atom. The van der Waals surface area contributed by atoms with Crippen LogP contribution in [0.25, 0.3) is 0 Å². The van der Waals surface area contributed by atoms with Crippen LogP contribution in [-0.2, 0) is 4.74 Å². The number of hydrogen-bond acceptors (Lipinski definition) is 3. The zero-order chi connectivity index (χ0) is 13.2. The molecule has 1 N–H and O–H groups in total. The Kier molecular flexibility index (Phi) is 4.68. The van der Waals surface area contributed by atoms with Gasteiger partial charge in [0.2, 0.25) is 0 Å². The molecule has 2 atom stereocenters. The highest BCUT2D eigenvalue weighted by Gasteiger charge is 2.32. The third-order valence-electron chi connectivity index (χ3n) is 4.87. The number of nitrogens with one attached hydrogen (secondary N) is 1. The summed E-state index contributed by atoms with van der Waals surface area (Å²) < 4.78 is 5.59. The SMILES string of the molecule is CNC1COCC1CN1CCC(C(C)(C)C)CC1. The van der Waals surface area contributed by atoms with E-state index >= 15 is 0 Å². The first-order chi connectivity index (χ1) is 8.50. The number of ether oxygens (including phenoxy) is 1. The molecular weight excluding hydrogens is 224 g/mol. The van der Waals surface area contributed by atoms with Crippen LogP contribution < -0.4 is 5.32 Å². The molecule has 0 radical (unpaired) electrons. The van der Waals surface area contributed by atoms with Gasteiger partial charge in [0.25, 0.3) is 0 Å². The van der Waals surface area contributed by atoms with Crippen molar-refractivity contribution in [3.8, 4) is 0 Å². The lowest BCUT2D eigenvalue weighted by Crippen LogP contribution is -2.44. The topological polar surface area (TPSA) is 24.5 Å². The largest absolute Gasteiger partial charge is 0.379 e. The van der Waals surface area contributed by atoms with Crippen molar-refractivity contribution in [3.63, 3.8) is 0 Å². The van der Waals surface area contributed by atoms with Gasteiger partial charge in [-0.1, -0.05) is 20.8 Å². The van der Waals surface area contributed by atoms with Crippen molar-refractivity contribution >= 4 is 0 Å². The molecule has 2 unspecified atom stereocenters. The summed E-state index contributed by atoms with van der Waals surface area (Å²) in [6.07, 6.45) is 2.72. The van der Waals surface area contributed by atoms with Crippen LogP contribution in [0.2, 0.25) is 0 Å². The molecule has 106 valence electrons. The van der Waals surface area contributed by atoms with Crippen molar-refractivity contribution in [1.82, 2.24) is 10.2 Å². The van der Waals surface area contributed by atoms with Crippen molar-refractivity contribution < 1.29 is 4.74 Å². The lowest BCUT2D eigenvalue weighted by atomic mass is 9.75. The minimum atomic E-state index is 0.482. The maximum atomic E-state index is 5.59. The molecule has 0 bridgehead atoms. The average molecular weight is 254 g/mol. The number of likely N-dealkylation sites (tertiary alicyclic amines) is 1. The summed E-state index contributed by atoms with van der Waals surface area (Å²) in [5.74, 6) is 1.58. The van der Waals surface area contributed by atoms with Gasteiger partial charge < -0.3 is 15.0 Å². The molecule has 18 heavy (non-hydrogen) atoms. The van der Waals surface area contributed by atoms with Gasteiger partial charge in [-0.05, 0) is 44.3 Å². The van der Waals surface area contributed by atoms with Crippen molar-refractivity contribution in [2.45, 2.75) is 39.7 Å². The second-order valence-electron chi connectivity index (χ2n) is 7.13. The highest BCUT2D eigenvalue weighted by molar-refractivity contribution is 4.86. The van der Waals surface area contributed by atoms with Crippen LogP contribution in [0.5, 0.6) is 0 Å². The van der Waals surface area contributed by atoms with E-state index in [1.54, 1.807) is 0 Å². The van der Waals surface area contributed by atoms with E-state index in [-0.39, 0.29) is 0 Å². The van der Waals surface area contributed by atoms with Crippen LogP contribution in [0, 0.1) is 17.3 Å². The fourth-order valence-electron chi connectivity index (χ4n) is 3.41. The summed E-state index contributed by atoms with van der Waals surface area (Å²) in [7, 11) is 2.05. The van der Waals surface area contributed by atoms with Gasteiger partial charge in [-0.2, -0.15) is 0 Å². The monoisotopic (exact) mass is 254 g/mol. The first kappa shape index (κ1) is 14.3. The summed E-state index contributed by atoms with van der Waals surface area (Å²) in [6.45, 7) is 12.7. The Balaban J connectivity index is 1.77. The first-order valence-corrected chi connectivity index (χ1v) is 7.48. The van der Waals surface area contributed by atoms with Crippen LogP contribution in [0.3, 0.4) is 0 Å². The molecule has 0 saturated carbocycles. The number of nitrogens with zero attached hydrogens (tertiary/aromatic N) is 1. The fraction of sp³-hybridized carbons (Fsp3) is 1.00. The minimum absolute atomic E-state index is 0.482. The van der Waals surface area contributed by atoms with Gasteiger partial charge in [-0.25, -0.2) is 0 Å². The van der Waals surface area contributed by atoms with E-state index in [4.69, 9.17) is 4.74 Å². The normalized spacial score (nSPS) is 32.0. The molecule has 0 aliphatic carbocycles. The third kappa shape index (κ3) is 3.46. The summed E-state index contributed by atoms with van der Waals surface area (Å²) in [4.78, 5) is 2.64. The summed E-state index contributed by atoms with van der Waals surface area (Å²) in [5.41, 5.74) is 0.482. The molecule has 0 amide bonds. The van der Waals surface area contributed by atoms with Gasteiger partial charge in [0, 0.05) is 18.5 Å². The third-order valence-corrected chi connectivity index (χ3v) is 4.87. The summed E-state index contributed by atoms with van der Waals surface area (Å²) in [5, 5.41) is 3.38. The Hall–Kier alpha value is -0.120. The predicted molar refractivity (Wildman–Crippen MR) is 75.8 cm³/mol. The molecule has 2 saturated heterocycles. The molecular formula is C15H30N2O. The fourth-order valence-corrected chi connectivity index (χ4v) is 3.41. The van der Waals surface area contributed by atoms with E-state index < -0.39 is 0 Å². The van der Waals surface area contributed by atoms with Gasteiger partial charge in [0.1, 0.15) is 0 Å². The van der Waals surface area contributed by atoms with E-state index in [2.05, 4.69) is 38.0 Å². The average Bonchev–Trinajstić information content (AvgIpc) is 2.76. The van der Waals surface area contributed by atoms with Gasteiger partial charge in [-0.3, -0.25) is 0 Å². The minimum Gasteiger partial charge on any atom is -0.379 e. The number of likely N-dealkylation sites (N-methyl/N-ethyl adjacent to an activating group) is 1. The Bertz CT molecular complexity index is 254. The molecule has 0 spiro atoms. The number of piperidine rings is 1. The van der Waals surface area contributed by atoms with E-state index in [0.717, 1.165) is 19.1 Å². The van der Waals surface area contributed by atoms with Crippen LogP contribution >= 0.6 is 0 Å². The number of rotatable bonds is 3. The molecule has 0 aromatic carbocycles. The van der Waals surface area contributed by atoms with Crippen LogP contribution in [0.15, 0.2) is 0 Å². The van der Waals surface area contributed by atoms with Gasteiger partial charge in [0.05, 0.1) is 13.2 Å². The van der Waals surface area contributed by atoms with Crippen molar-refractivity contribution in [2.24, 2.45) is 17.3 Å². The second-order valence-corrected chi connectivity index (χ2v) is 7.13. The Morgan fingerprint density at radius 1 is 1.17 bits per heavy atom. The quantitative estimate of drug-likeness (QED) is 0.833. The standard InChI is InChI=1S/C15H30N2O/c1-15(2,3)13-5-7-17(8-6-13)9-12-10-18-11-14(12)16-4/h12-14,16H,5-11H2,1-4H3. The highest BCUT2D eigenvalue weighted by Crippen LogP contribution is 2.34. The molecule has 2 rings (SSSR count). The van der Waals surface area contributed by atoms with Crippen molar-refractivity contribution in [1.29, 1.82) is 0 Å². The zero-order valence-corrected chi connectivity index (χ0v) is 12.5. The first-order valence-electron chi connectivity index (χ1n) is 7.48. The molecule has 2 aliphatic rings. The smallest absolute Gasteiger partial charge is 0.0623 e. The van der Waals surface area contributed by atoms with Crippen LogP contribution in [-0.4, -0.2) is 50.8 Å². The summed E-state index contributed by atoms with van der Waals surface area (Å²) in [6, 6.07) is 0.560. The summed E-state index contributed by atoms with van der Waals surface area (Å²) >= 11 is 0. The van der Waals surface area contributed by atoms with E-state index in [1.165, 1.54) is 32.5 Å². The van der Waals surface area contributed by atoms with Crippen molar-refractivity contribution in [3.05, 3.63) is 0 Å². The van der Waals surface area contributed by atoms with Crippen LogP contribution in [0.4, 0.5) is 0 Å². The van der Waals surface area contributed by atoms with Crippen molar-refractivity contribution in [2.75, 3.05) is 39.9 Å². The molecule has 0 aromatic heterocycles. The maximum Gasteiger partial charge on any atom is 0.0623 e. The maximum absolute atomic E-state index is 5.59. The van der Waals surface area contributed by atoms with Gasteiger partial charge >= 0.3 is 0 Å². The molecule has 0 aromatic rings. The number of hydrogen-bond donors (Lipinski definition) is 1. The lowest BCUT2D eigenvalue weighted by molar-refractivity contribution is 0.0950. The molecule has 2 fully saturated rings. The van der Waals surface area contributed by atoms with E-state index in [9.17, 15) is 0 Å². The highest BCUT2D eigenvalue weighted by atomic mass is 16.5. The van der Waals surface area contributed by atoms with E-state index in [0.29, 0.717) is 17.4 Å². The molecule has 3 nitrogen and oxygen atoms in total.